The van der Waals surface area contributed by atoms with Gasteiger partial charge in [-0.3, -0.25) is 47.9 Å². The number of aliphatic carboxylic acids is 1. The van der Waals surface area contributed by atoms with Crippen molar-refractivity contribution in [1.82, 2.24) is 25.3 Å². The van der Waals surface area contributed by atoms with Crippen LogP contribution < -0.4 is 10.6 Å². The number of ether oxygens (including phenoxy) is 2. The fraction of sp³-hybridized carbons (Fsp3) is 0.649. The maximum Gasteiger partial charge on any atom is 0.307 e. The van der Waals surface area contributed by atoms with E-state index in [-0.39, 0.29) is 67.3 Å². The Hall–Kier alpha value is -6.24. The first kappa shape index (κ1) is 64.9. The van der Waals surface area contributed by atoms with E-state index in [0.717, 1.165) is 5.56 Å². The molecule has 414 valence electrons. The van der Waals surface area contributed by atoms with Crippen molar-refractivity contribution in [3.63, 3.8) is 0 Å². The zero-order valence-electron chi connectivity index (χ0n) is 46.4. The van der Waals surface area contributed by atoms with Gasteiger partial charge in [-0.05, 0) is 61.3 Å². The van der Waals surface area contributed by atoms with Crippen molar-refractivity contribution in [3.05, 3.63) is 35.9 Å². The van der Waals surface area contributed by atoms with Gasteiger partial charge in [0.25, 0.3) is 5.91 Å². The Balaban J connectivity index is 2.27. The molecule has 0 aliphatic carbocycles. The van der Waals surface area contributed by atoms with Crippen LogP contribution in [0.2, 0.25) is 0 Å². The molecule has 1 heterocycles. The lowest BCUT2D eigenvalue weighted by atomic mass is 9.83. The molecule has 18 nitrogen and oxygen atoms in total. The Morgan fingerprint density at radius 1 is 0.760 bits per heavy atom. The van der Waals surface area contributed by atoms with Crippen LogP contribution in [0, 0.1) is 66.1 Å². The molecule has 0 bridgehead atoms. The summed E-state index contributed by atoms with van der Waals surface area (Å²) >= 11 is 0. The van der Waals surface area contributed by atoms with Crippen molar-refractivity contribution < 1.29 is 62.5 Å². The number of carbonyl (C=O) groups excluding carboxylic acids is 9. The zero-order chi connectivity index (χ0) is 57.0. The van der Waals surface area contributed by atoms with E-state index >= 15 is 0 Å². The molecule has 0 spiro atoms. The van der Waals surface area contributed by atoms with Gasteiger partial charge in [-0.25, -0.2) is 0 Å². The van der Waals surface area contributed by atoms with Gasteiger partial charge in [0.05, 0.1) is 48.7 Å². The van der Waals surface area contributed by atoms with Gasteiger partial charge in [0.2, 0.25) is 29.4 Å². The third-order valence-electron chi connectivity index (χ3n) is 14.8. The van der Waals surface area contributed by atoms with Crippen LogP contribution in [0.15, 0.2) is 30.3 Å². The van der Waals surface area contributed by atoms with Gasteiger partial charge < -0.3 is 39.9 Å². The normalized spacial score (nSPS) is 17.8. The standard InChI is InChI=1S/C57H83N5O13/c1-16-35(8)52(48(74-14)32-50(68)62-26-22-25-44(62)53(75-15)37(10)45(64)29-40(57(72)73)28-39-23-20-19-21-24-39)61(13)56(71)42(33(4)5)31-47(66)51(34(6)7)60(12)55(70)36(9)27-46(65)38(11)58-54(69)43(30-41(63)17-2)59-49(67)18-3/h2-3,19-21,23-24,33-38,40,42-44,48,51-53H,16,22,25-32H2,1,4-15H3,(H,58,69)(H,59,67)(H,72,73)/t35-,36+,37-,38-,40+,42-,43?,44-,48+,51-,52-,53+/m0/s1. The molecule has 12 atom stereocenters. The van der Waals surface area contributed by atoms with E-state index < -0.39 is 114 Å². The van der Waals surface area contributed by atoms with Crippen molar-refractivity contribution in [2.75, 3.05) is 34.9 Å². The first-order valence-corrected chi connectivity index (χ1v) is 26.0. The topological polar surface area (TPSA) is 243 Å². The number of hydrogen-bond acceptors (Lipinski definition) is 12. The molecule has 1 saturated heterocycles. The van der Waals surface area contributed by atoms with Crippen LogP contribution in [-0.4, -0.2) is 156 Å². The average molecular weight is 1050 g/mol. The average Bonchev–Trinajstić information content (AvgIpc) is 3.86. The minimum Gasteiger partial charge on any atom is -0.481 e. The van der Waals surface area contributed by atoms with Gasteiger partial charge in [0, 0.05) is 78.3 Å². The number of benzene rings is 1. The highest BCUT2D eigenvalue weighted by Gasteiger charge is 2.44. The molecule has 1 aromatic rings. The number of likely N-dealkylation sites (tertiary alicyclic amines) is 1. The molecule has 1 fully saturated rings. The second-order valence-corrected chi connectivity index (χ2v) is 20.9. The Labute approximate surface area is 444 Å². The number of nitrogens with one attached hydrogen (secondary N) is 2. The lowest BCUT2D eigenvalue weighted by molar-refractivity contribution is -0.150. The minimum absolute atomic E-state index is 0.102. The van der Waals surface area contributed by atoms with Crippen LogP contribution in [0.5, 0.6) is 0 Å². The quantitative estimate of drug-likeness (QED) is 0.0673. The first-order chi connectivity index (χ1) is 35.2. The molecule has 1 aliphatic heterocycles. The lowest BCUT2D eigenvalue weighted by Gasteiger charge is -2.41. The number of ketones is 4. The third kappa shape index (κ3) is 18.5. The minimum atomic E-state index is -1.44. The molecule has 0 radical (unpaired) electrons. The first-order valence-electron chi connectivity index (χ1n) is 26.0. The molecule has 1 aliphatic rings. The van der Waals surface area contributed by atoms with Crippen molar-refractivity contribution in [1.29, 1.82) is 0 Å². The number of hydrogen-bond donors (Lipinski definition) is 3. The summed E-state index contributed by atoms with van der Waals surface area (Å²) in [5.41, 5.74) is 0.807. The van der Waals surface area contributed by atoms with Gasteiger partial charge in [0.1, 0.15) is 11.8 Å². The summed E-state index contributed by atoms with van der Waals surface area (Å²) in [7, 11) is 6.08. The summed E-state index contributed by atoms with van der Waals surface area (Å²) in [6, 6.07) is 4.46. The number of terminal acetylenes is 2. The highest BCUT2D eigenvalue weighted by molar-refractivity contribution is 6.03. The van der Waals surface area contributed by atoms with Crippen molar-refractivity contribution >= 4 is 58.6 Å². The van der Waals surface area contributed by atoms with Gasteiger partial charge >= 0.3 is 5.97 Å². The fourth-order valence-electron chi connectivity index (χ4n) is 10.3. The molecule has 0 aromatic heterocycles. The predicted molar refractivity (Wildman–Crippen MR) is 282 cm³/mol. The van der Waals surface area contributed by atoms with Crippen molar-refractivity contribution in [2.45, 2.75) is 163 Å². The Bertz CT molecular complexity index is 2220. The van der Waals surface area contributed by atoms with Gasteiger partial charge in [-0.15, -0.1) is 12.8 Å². The largest absolute Gasteiger partial charge is 0.481 e. The van der Waals surface area contributed by atoms with Gasteiger partial charge in [0.15, 0.2) is 11.6 Å². The molecule has 2 rings (SSSR count). The number of carboxylic acids is 1. The number of carboxylic acid groups (broad SMARTS) is 1. The monoisotopic (exact) mass is 1050 g/mol. The van der Waals surface area contributed by atoms with Crippen LogP contribution in [0.1, 0.15) is 119 Å². The molecule has 1 unspecified atom stereocenters. The highest BCUT2D eigenvalue weighted by atomic mass is 16.5. The maximum atomic E-state index is 14.8. The second kappa shape index (κ2) is 31.0. The summed E-state index contributed by atoms with van der Waals surface area (Å²) in [5.74, 6) is -6.69. The second-order valence-electron chi connectivity index (χ2n) is 20.9. The summed E-state index contributed by atoms with van der Waals surface area (Å²) in [4.78, 5) is 138. The Morgan fingerprint density at radius 3 is 1.91 bits per heavy atom. The van der Waals surface area contributed by atoms with Gasteiger partial charge in [-0.2, -0.15) is 0 Å². The van der Waals surface area contributed by atoms with E-state index in [1.165, 1.54) is 40.0 Å². The number of nitrogens with zero attached hydrogens (tertiary/aromatic N) is 3. The number of rotatable bonds is 32. The summed E-state index contributed by atoms with van der Waals surface area (Å²) in [6.45, 7) is 16.2. The van der Waals surface area contributed by atoms with E-state index in [1.54, 1.807) is 43.5 Å². The fourth-order valence-corrected chi connectivity index (χ4v) is 10.3. The van der Waals surface area contributed by atoms with E-state index in [2.05, 4.69) is 10.6 Å². The van der Waals surface area contributed by atoms with Crippen LogP contribution in [-0.2, 0) is 63.8 Å². The highest BCUT2D eigenvalue weighted by Crippen LogP contribution is 2.32. The SMILES string of the molecule is C#CC(=O)CC(NC(=O)C#C)C(=O)N[C@@H](C)C(=O)C[C@@H](C)C(=O)N(C)[C@H](C(=O)C[C@H](C(=O)N(C)[C@@H]([C@@H](C)CC)[C@@H](CC(=O)N1CCC[C@H]1[C@H](OC)[C@@H](C)C(=O)C[C@@H](Cc1ccccc1)C(=O)O)OC)C(C)C)C(C)C. The van der Waals surface area contributed by atoms with Crippen molar-refractivity contribution in [3.8, 4) is 24.7 Å². The van der Waals surface area contributed by atoms with Crippen LogP contribution in [0.4, 0.5) is 0 Å². The van der Waals surface area contributed by atoms with E-state index in [9.17, 15) is 53.1 Å². The predicted octanol–water partition coefficient (Wildman–Crippen LogP) is 4.33. The number of amides is 5. The maximum absolute atomic E-state index is 14.8. The smallest absolute Gasteiger partial charge is 0.307 e. The summed E-state index contributed by atoms with van der Waals surface area (Å²) in [6.07, 6.45) is 9.37. The Kier molecular flexibility index (Phi) is 26.8. The van der Waals surface area contributed by atoms with Crippen LogP contribution in [0.25, 0.3) is 0 Å². The molecule has 0 saturated carbocycles. The van der Waals surface area contributed by atoms with Gasteiger partial charge in [-0.1, -0.05) is 92.1 Å². The summed E-state index contributed by atoms with van der Waals surface area (Å²) < 4.78 is 12.0. The van der Waals surface area contributed by atoms with Crippen molar-refractivity contribution in [2.24, 2.45) is 41.4 Å². The molecule has 3 N–H and O–H groups in total. The van der Waals surface area contributed by atoms with Crippen LogP contribution >= 0.6 is 0 Å². The number of methoxy groups -OCH3 is 2. The molecular weight excluding hydrogens is 963 g/mol. The van der Waals surface area contributed by atoms with E-state index in [1.807, 2.05) is 63.9 Å². The lowest BCUT2D eigenvalue weighted by Crippen LogP contribution is -2.54. The Morgan fingerprint density at radius 2 is 1.39 bits per heavy atom. The molecule has 18 heteroatoms. The number of Topliss-reactive ketones (excluding diaryl/α,β-unsaturated/α-hetero) is 4. The molecule has 75 heavy (non-hydrogen) atoms. The molecule has 1 aromatic carbocycles. The number of likely N-dealkylation sites (N-methyl/N-ethyl adjacent to an activating group) is 2. The van der Waals surface area contributed by atoms with E-state index in [4.69, 9.17) is 22.3 Å². The number of carbonyl (C=O) groups is 10. The summed E-state index contributed by atoms with van der Waals surface area (Å²) in [5, 5.41) is 14.7. The molecule has 5 amide bonds. The zero-order valence-corrected chi connectivity index (χ0v) is 46.4. The third-order valence-corrected chi connectivity index (χ3v) is 14.8. The van der Waals surface area contributed by atoms with Crippen LogP contribution in [0.3, 0.4) is 0 Å². The molecular formula is C57H83N5O13. The van der Waals surface area contributed by atoms with E-state index in [0.29, 0.717) is 25.8 Å².